The van der Waals surface area contributed by atoms with Crippen molar-refractivity contribution in [1.29, 1.82) is 0 Å². The average molecular weight is 593 g/mol. The number of tetrazole rings is 1. The van der Waals surface area contributed by atoms with Gasteiger partial charge in [-0.05, 0) is 81.1 Å². The maximum Gasteiger partial charge on any atom is 0.511 e. The first-order valence-electron chi connectivity index (χ1n) is 14.4. The van der Waals surface area contributed by atoms with E-state index in [0.717, 1.165) is 29.5 Å². The van der Waals surface area contributed by atoms with Gasteiger partial charge in [-0.1, -0.05) is 49.7 Å². The first-order valence-corrected chi connectivity index (χ1v) is 14.4. The summed E-state index contributed by atoms with van der Waals surface area (Å²) in [4.78, 5) is 27.7. The van der Waals surface area contributed by atoms with E-state index in [-0.39, 0.29) is 5.70 Å². The van der Waals surface area contributed by atoms with E-state index in [1.807, 2.05) is 60.4 Å². The lowest BCUT2D eigenvalue weighted by Crippen LogP contribution is -2.52. The summed E-state index contributed by atoms with van der Waals surface area (Å²) < 4.78 is 15.7. The molecule has 3 aromatic rings. The Morgan fingerprint density at radius 1 is 1.02 bits per heavy atom. The van der Waals surface area contributed by atoms with Gasteiger partial charge in [0.15, 0.2) is 11.5 Å². The molecule has 2 heterocycles. The quantitative estimate of drug-likeness (QED) is 0.197. The highest BCUT2D eigenvalue weighted by Crippen LogP contribution is 2.41. The molecule has 1 aliphatic heterocycles. The van der Waals surface area contributed by atoms with E-state index in [4.69, 9.17) is 14.2 Å². The molecule has 0 bridgehead atoms. The molecule has 43 heavy (non-hydrogen) atoms. The molecule has 0 amide bonds. The van der Waals surface area contributed by atoms with Crippen LogP contribution in [0, 0.1) is 0 Å². The summed E-state index contributed by atoms with van der Waals surface area (Å²) in [5, 5.41) is 28.9. The van der Waals surface area contributed by atoms with E-state index in [0.29, 0.717) is 23.6 Å². The van der Waals surface area contributed by atoms with Crippen molar-refractivity contribution < 1.29 is 28.9 Å². The Hall–Kier alpha value is -4.45. The molecule has 0 saturated heterocycles. The molecule has 1 aliphatic rings. The summed E-state index contributed by atoms with van der Waals surface area (Å²) in [6, 6.07) is 15.5. The fraction of sp³-hybridized carbons (Fsp3) is 0.452. The van der Waals surface area contributed by atoms with Gasteiger partial charge in [-0.25, -0.2) is 14.7 Å². The highest BCUT2D eigenvalue weighted by Gasteiger charge is 2.48. The number of carbonyl (C=O) groups excluding carboxylic acids is 2. The van der Waals surface area contributed by atoms with Gasteiger partial charge in [0.05, 0.1) is 11.8 Å². The minimum atomic E-state index is -1.42. The highest BCUT2D eigenvalue weighted by atomic mass is 16.8. The Balaban J connectivity index is 1.73. The minimum absolute atomic E-state index is 0.125. The van der Waals surface area contributed by atoms with Crippen molar-refractivity contribution >= 4 is 17.8 Å². The van der Waals surface area contributed by atoms with Crippen molar-refractivity contribution in [3.8, 4) is 22.5 Å². The predicted molar refractivity (Wildman–Crippen MR) is 160 cm³/mol. The van der Waals surface area contributed by atoms with Crippen LogP contribution >= 0.6 is 0 Å². The third kappa shape index (κ3) is 7.14. The lowest BCUT2D eigenvalue weighted by Gasteiger charge is -2.38. The van der Waals surface area contributed by atoms with E-state index in [9.17, 15) is 14.7 Å². The normalized spacial score (nSPS) is 17.6. The first-order chi connectivity index (χ1) is 20.3. The summed E-state index contributed by atoms with van der Waals surface area (Å²) in [5.74, 6) is -0.214. The van der Waals surface area contributed by atoms with Crippen LogP contribution < -0.4 is 10.2 Å². The van der Waals surface area contributed by atoms with Crippen LogP contribution in [-0.4, -0.2) is 61.5 Å². The number of hydrogen-bond acceptors (Lipinski definition) is 11. The molecule has 2 unspecified atom stereocenters. The summed E-state index contributed by atoms with van der Waals surface area (Å²) >= 11 is 0. The standard InChI is InChI=1S/C31H40N6O6/c1-8-9-18-31(7)32-26(30(5,6)40)25(28(38)42-20(4)43-29(39)41-19(2)3)37(31)22-16-14-21(15-17-22)23-12-10-11-13-24(23)27-33-35-36-34-27/h10-17,19-20,32,40H,8-9,18H2,1-7H3,(H,33,34,35,36). The number of carbonyl (C=O) groups is 2. The number of benzene rings is 2. The van der Waals surface area contributed by atoms with Gasteiger partial charge in [0.2, 0.25) is 6.29 Å². The zero-order valence-corrected chi connectivity index (χ0v) is 25.7. The van der Waals surface area contributed by atoms with Crippen LogP contribution in [0.25, 0.3) is 22.5 Å². The van der Waals surface area contributed by atoms with Gasteiger partial charge < -0.3 is 29.5 Å². The molecule has 0 radical (unpaired) electrons. The number of ether oxygens (including phenoxy) is 3. The number of H-pyrrole nitrogens is 1. The molecule has 12 nitrogen and oxygen atoms in total. The first kappa shape index (κ1) is 31.5. The van der Waals surface area contributed by atoms with Crippen molar-refractivity contribution in [3.63, 3.8) is 0 Å². The van der Waals surface area contributed by atoms with E-state index in [1.54, 1.807) is 27.7 Å². The van der Waals surface area contributed by atoms with E-state index >= 15 is 0 Å². The Bertz CT molecular complexity index is 1450. The van der Waals surface area contributed by atoms with Crippen molar-refractivity contribution in [2.75, 3.05) is 4.90 Å². The van der Waals surface area contributed by atoms with Gasteiger partial charge in [-0.2, -0.15) is 0 Å². The highest BCUT2D eigenvalue weighted by molar-refractivity contribution is 5.96. The van der Waals surface area contributed by atoms with Crippen LogP contribution in [-0.2, 0) is 19.0 Å². The second-order valence-electron chi connectivity index (χ2n) is 11.5. The molecule has 2 atom stereocenters. The SMILES string of the molecule is CCCCC1(C)NC(C(C)(C)O)=C(C(=O)OC(C)OC(=O)OC(C)C)N1c1ccc(-c2ccccc2-c2nnn[nH]2)cc1. The summed E-state index contributed by atoms with van der Waals surface area (Å²) in [6.07, 6.45) is -0.121. The van der Waals surface area contributed by atoms with Gasteiger partial charge in [0, 0.05) is 18.2 Å². The smallest absolute Gasteiger partial charge is 0.431 e. The molecule has 1 aromatic heterocycles. The number of esters is 1. The summed E-state index contributed by atoms with van der Waals surface area (Å²) in [5.41, 5.74) is 1.63. The maximum atomic E-state index is 13.8. The Labute approximate surface area is 251 Å². The number of nitrogens with one attached hydrogen (secondary N) is 2. The number of anilines is 1. The number of aromatic amines is 1. The topological polar surface area (TPSA) is 152 Å². The second-order valence-corrected chi connectivity index (χ2v) is 11.5. The van der Waals surface area contributed by atoms with E-state index in [2.05, 4.69) is 32.9 Å². The molecule has 0 aliphatic carbocycles. The predicted octanol–water partition coefficient (Wildman–Crippen LogP) is 5.28. The molecule has 3 N–H and O–H groups in total. The van der Waals surface area contributed by atoms with Crippen molar-refractivity contribution in [1.82, 2.24) is 25.9 Å². The molecule has 0 saturated carbocycles. The third-order valence-corrected chi connectivity index (χ3v) is 7.00. The fourth-order valence-electron chi connectivity index (χ4n) is 5.08. The maximum absolute atomic E-state index is 13.8. The number of aliphatic hydroxyl groups is 1. The average Bonchev–Trinajstić information content (AvgIpc) is 3.58. The molecule has 4 rings (SSSR count). The monoisotopic (exact) mass is 592 g/mol. The summed E-state index contributed by atoms with van der Waals surface area (Å²) in [6.45, 7) is 12.1. The zero-order valence-electron chi connectivity index (χ0n) is 25.7. The van der Waals surface area contributed by atoms with Gasteiger partial charge in [-0.3, -0.25) is 0 Å². The van der Waals surface area contributed by atoms with Crippen molar-refractivity contribution in [3.05, 3.63) is 59.9 Å². The van der Waals surface area contributed by atoms with Crippen molar-refractivity contribution in [2.24, 2.45) is 0 Å². The lowest BCUT2D eigenvalue weighted by molar-refractivity contribution is -0.164. The Kier molecular flexibility index (Phi) is 9.39. The van der Waals surface area contributed by atoms with Gasteiger partial charge in [0.25, 0.3) is 0 Å². The summed E-state index contributed by atoms with van der Waals surface area (Å²) in [7, 11) is 0. The molecule has 230 valence electrons. The number of rotatable bonds is 11. The molecule has 2 aromatic carbocycles. The van der Waals surface area contributed by atoms with Crippen LogP contribution in [0.2, 0.25) is 0 Å². The number of nitrogens with zero attached hydrogens (tertiary/aromatic N) is 4. The van der Waals surface area contributed by atoms with Crippen LogP contribution in [0.3, 0.4) is 0 Å². The lowest BCUT2D eigenvalue weighted by atomic mass is 9.98. The van der Waals surface area contributed by atoms with Crippen LogP contribution in [0.4, 0.5) is 10.5 Å². The van der Waals surface area contributed by atoms with Crippen LogP contribution in [0.15, 0.2) is 59.9 Å². The van der Waals surface area contributed by atoms with Gasteiger partial charge in [-0.15, -0.1) is 5.10 Å². The molecule has 0 fully saturated rings. The van der Waals surface area contributed by atoms with Crippen LogP contribution in [0.5, 0.6) is 0 Å². The van der Waals surface area contributed by atoms with E-state index in [1.165, 1.54) is 6.92 Å². The molecular weight excluding hydrogens is 552 g/mol. The Morgan fingerprint density at radius 3 is 2.28 bits per heavy atom. The molecule has 0 spiro atoms. The van der Waals surface area contributed by atoms with Gasteiger partial charge >= 0.3 is 12.1 Å². The largest absolute Gasteiger partial charge is 0.511 e. The van der Waals surface area contributed by atoms with Crippen LogP contribution in [0.1, 0.15) is 67.7 Å². The van der Waals surface area contributed by atoms with E-state index < -0.39 is 35.8 Å². The molecule has 12 heteroatoms. The second kappa shape index (κ2) is 12.8. The Morgan fingerprint density at radius 2 is 1.70 bits per heavy atom. The number of aromatic nitrogens is 4. The third-order valence-electron chi connectivity index (χ3n) is 7.00. The number of unbranched alkanes of at least 4 members (excludes halogenated alkanes) is 1. The fourth-order valence-corrected chi connectivity index (χ4v) is 5.08. The molecular formula is C31H40N6O6. The minimum Gasteiger partial charge on any atom is -0.431 e. The zero-order chi connectivity index (χ0) is 31.4. The van der Waals surface area contributed by atoms with Crippen molar-refractivity contribution in [2.45, 2.75) is 91.4 Å². The number of hydrogen-bond donors (Lipinski definition) is 3. The van der Waals surface area contributed by atoms with Gasteiger partial charge in [0.1, 0.15) is 11.3 Å².